The molecule has 1 aliphatic rings. The van der Waals surface area contributed by atoms with E-state index < -0.39 is 5.54 Å². The van der Waals surface area contributed by atoms with Gasteiger partial charge in [0.2, 0.25) is 0 Å². The molecule has 0 aromatic carbocycles. The zero-order chi connectivity index (χ0) is 9.90. The first-order chi connectivity index (χ1) is 6.04. The van der Waals surface area contributed by atoms with Gasteiger partial charge in [0, 0.05) is 19.6 Å². The molecule has 1 aliphatic heterocycles. The van der Waals surface area contributed by atoms with E-state index in [1.165, 1.54) is 0 Å². The van der Waals surface area contributed by atoms with Gasteiger partial charge in [0.05, 0.1) is 5.54 Å². The number of carbonyl (C=O) groups excluding carboxylic acids is 1. The summed E-state index contributed by atoms with van der Waals surface area (Å²) in [5.41, 5.74) is 5.43. The molecule has 0 aliphatic carbocycles. The van der Waals surface area contributed by atoms with E-state index in [-0.39, 0.29) is 5.78 Å². The summed E-state index contributed by atoms with van der Waals surface area (Å²) < 4.78 is 5.19. The first kappa shape index (κ1) is 10.7. The molecule has 0 spiro atoms. The van der Waals surface area contributed by atoms with Gasteiger partial charge in [-0.1, -0.05) is 13.8 Å². The SMILES string of the molecule is CC(C)CC(=O)C1(N)CCOCC1. The van der Waals surface area contributed by atoms with Gasteiger partial charge in [-0.3, -0.25) is 4.79 Å². The van der Waals surface area contributed by atoms with Gasteiger partial charge in [-0.15, -0.1) is 0 Å². The van der Waals surface area contributed by atoms with Crippen LogP contribution in [0.5, 0.6) is 0 Å². The van der Waals surface area contributed by atoms with Gasteiger partial charge in [0.25, 0.3) is 0 Å². The molecular formula is C10H19NO2. The van der Waals surface area contributed by atoms with Crippen molar-refractivity contribution in [1.82, 2.24) is 0 Å². The predicted octanol–water partition coefficient (Wildman–Crippen LogP) is 1.11. The second kappa shape index (κ2) is 4.20. The normalized spacial score (nSPS) is 21.8. The Morgan fingerprint density at radius 1 is 1.46 bits per heavy atom. The highest BCUT2D eigenvalue weighted by Gasteiger charge is 2.35. The molecule has 0 radical (unpaired) electrons. The summed E-state index contributed by atoms with van der Waals surface area (Å²) in [6, 6.07) is 0. The lowest BCUT2D eigenvalue weighted by Crippen LogP contribution is -2.52. The number of carbonyl (C=O) groups is 1. The Morgan fingerprint density at radius 2 is 2.00 bits per heavy atom. The average molecular weight is 185 g/mol. The quantitative estimate of drug-likeness (QED) is 0.716. The van der Waals surface area contributed by atoms with Crippen molar-refractivity contribution in [2.24, 2.45) is 11.7 Å². The molecule has 0 amide bonds. The van der Waals surface area contributed by atoms with Crippen molar-refractivity contribution < 1.29 is 9.53 Å². The minimum Gasteiger partial charge on any atom is -0.381 e. The number of nitrogens with two attached hydrogens (primary N) is 1. The van der Waals surface area contributed by atoms with Crippen LogP contribution in [0.3, 0.4) is 0 Å². The molecule has 0 unspecified atom stereocenters. The van der Waals surface area contributed by atoms with Crippen molar-refractivity contribution in [1.29, 1.82) is 0 Å². The van der Waals surface area contributed by atoms with E-state index >= 15 is 0 Å². The first-order valence-corrected chi connectivity index (χ1v) is 4.94. The lowest BCUT2D eigenvalue weighted by Gasteiger charge is -2.32. The first-order valence-electron chi connectivity index (χ1n) is 4.94. The summed E-state index contributed by atoms with van der Waals surface area (Å²) in [7, 11) is 0. The summed E-state index contributed by atoms with van der Waals surface area (Å²) in [4.78, 5) is 11.7. The smallest absolute Gasteiger partial charge is 0.153 e. The molecule has 0 aromatic rings. The zero-order valence-corrected chi connectivity index (χ0v) is 8.51. The van der Waals surface area contributed by atoms with Crippen LogP contribution in [-0.4, -0.2) is 24.5 Å². The van der Waals surface area contributed by atoms with E-state index in [1.807, 2.05) is 13.8 Å². The van der Waals surface area contributed by atoms with Crippen LogP contribution < -0.4 is 5.73 Å². The van der Waals surface area contributed by atoms with Gasteiger partial charge in [-0.2, -0.15) is 0 Å². The molecule has 0 aromatic heterocycles. The van der Waals surface area contributed by atoms with Crippen LogP contribution in [0.4, 0.5) is 0 Å². The van der Waals surface area contributed by atoms with Gasteiger partial charge in [0.1, 0.15) is 0 Å². The second-order valence-electron chi connectivity index (χ2n) is 4.29. The van der Waals surface area contributed by atoms with Crippen LogP contribution >= 0.6 is 0 Å². The highest BCUT2D eigenvalue weighted by atomic mass is 16.5. The Hall–Kier alpha value is -0.410. The van der Waals surface area contributed by atoms with E-state index in [9.17, 15) is 4.79 Å². The molecule has 2 N–H and O–H groups in total. The van der Waals surface area contributed by atoms with Crippen LogP contribution in [-0.2, 0) is 9.53 Å². The Bertz CT molecular complexity index is 183. The minimum absolute atomic E-state index is 0.200. The maximum absolute atomic E-state index is 11.7. The average Bonchev–Trinajstić information content (AvgIpc) is 2.04. The number of ether oxygens (including phenoxy) is 1. The maximum Gasteiger partial charge on any atom is 0.153 e. The second-order valence-corrected chi connectivity index (χ2v) is 4.29. The Labute approximate surface area is 79.6 Å². The van der Waals surface area contributed by atoms with Gasteiger partial charge in [-0.25, -0.2) is 0 Å². The van der Waals surface area contributed by atoms with Gasteiger partial charge in [0.15, 0.2) is 5.78 Å². The standard InChI is InChI=1S/C10H19NO2/c1-8(2)7-9(12)10(11)3-5-13-6-4-10/h8H,3-7,11H2,1-2H3. The monoisotopic (exact) mass is 185 g/mol. The molecule has 76 valence electrons. The Balaban J connectivity index is 2.51. The molecule has 13 heavy (non-hydrogen) atoms. The van der Waals surface area contributed by atoms with E-state index in [2.05, 4.69) is 0 Å². The third-order valence-corrected chi connectivity index (χ3v) is 2.53. The fraction of sp³-hybridized carbons (Fsp3) is 0.900. The third kappa shape index (κ3) is 2.78. The fourth-order valence-corrected chi connectivity index (χ4v) is 1.59. The maximum atomic E-state index is 11.7. The molecule has 0 bridgehead atoms. The summed E-state index contributed by atoms with van der Waals surface area (Å²) in [6.45, 7) is 5.34. The fourth-order valence-electron chi connectivity index (χ4n) is 1.59. The number of rotatable bonds is 3. The molecule has 3 heteroatoms. The molecular weight excluding hydrogens is 166 g/mol. The van der Waals surface area contributed by atoms with E-state index in [4.69, 9.17) is 10.5 Å². The molecule has 0 saturated carbocycles. The van der Waals surface area contributed by atoms with Crippen molar-refractivity contribution in [3.63, 3.8) is 0 Å². The van der Waals surface area contributed by atoms with Crippen LogP contribution in [0.15, 0.2) is 0 Å². The van der Waals surface area contributed by atoms with Crippen molar-refractivity contribution in [3.05, 3.63) is 0 Å². The summed E-state index contributed by atoms with van der Waals surface area (Å²) in [5, 5.41) is 0. The lowest BCUT2D eigenvalue weighted by molar-refractivity contribution is -0.128. The highest BCUT2D eigenvalue weighted by Crippen LogP contribution is 2.21. The number of hydrogen-bond acceptors (Lipinski definition) is 3. The van der Waals surface area contributed by atoms with Crippen LogP contribution in [0.25, 0.3) is 0 Å². The highest BCUT2D eigenvalue weighted by molar-refractivity contribution is 5.88. The predicted molar refractivity (Wildman–Crippen MR) is 51.4 cm³/mol. The summed E-state index contributed by atoms with van der Waals surface area (Å²) in [5.74, 6) is 0.599. The summed E-state index contributed by atoms with van der Waals surface area (Å²) >= 11 is 0. The van der Waals surface area contributed by atoms with Crippen molar-refractivity contribution in [3.8, 4) is 0 Å². The molecule has 0 atom stereocenters. The number of hydrogen-bond donors (Lipinski definition) is 1. The van der Waals surface area contributed by atoms with Crippen LogP contribution in [0.1, 0.15) is 33.1 Å². The van der Waals surface area contributed by atoms with Crippen molar-refractivity contribution in [2.45, 2.75) is 38.6 Å². The Kier molecular flexibility index (Phi) is 3.45. The van der Waals surface area contributed by atoms with E-state index in [1.54, 1.807) is 0 Å². The molecule has 1 rings (SSSR count). The Morgan fingerprint density at radius 3 is 2.46 bits per heavy atom. The van der Waals surface area contributed by atoms with Crippen molar-refractivity contribution in [2.75, 3.05) is 13.2 Å². The van der Waals surface area contributed by atoms with Gasteiger partial charge >= 0.3 is 0 Å². The number of ketones is 1. The topological polar surface area (TPSA) is 52.3 Å². The largest absolute Gasteiger partial charge is 0.381 e. The van der Waals surface area contributed by atoms with Crippen molar-refractivity contribution >= 4 is 5.78 Å². The third-order valence-electron chi connectivity index (χ3n) is 2.53. The van der Waals surface area contributed by atoms with E-state index in [0.29, 0.717) is 38.4 Å². The lowest BCUT2D eigenvalue weighted by atomic mass is 9.83. The van der Waals surface area contributed by atoms with Crippen LogP contribution in [0.2, 0.25) is 0 Å². The van der Waals surface area contributed by atoms with E-state index in [0.717, 1.165) is 0 Å². The molecule has 1 fully saturated rings. The number of Topliss-reactive ketones (excluding diaryl/α,β-unsaturated/α-hetero) is 1. The summed E-state index contributed by atoms with van der Waals surface area (Å²) in [6.07, 6.45) is 1.95. The van der Waals surface area contributed by atoms with Crippen LogP contribution in [0, 0.1) is 5.92 Å². The molecule has 1 heterocycles. The minimum atomic E-state index is -0.595. The molecule has 3 nitrogen and oxygen atoms in total. The van der Waals surface area contributed by atoms with Gasteiger partial charge in [-0.05, 0) is 18.8 Å². The molecule has 1 saturated heterocycles. The zero-order valence-electron chi connectivity index (χ0n) is 8.51. The van der Waals surface area contributed by atoms with Gasteiger partial charge < -0.3 is 10.5 Å².